The quantitative estimate of drug-likeness (QED) is 0.783. The largest absolute Gasteiger partial charge is 0.484 e. The number of benzene rings is 2. The predicted molar refractivity (Wildman–Crippen MR) is 88.3 cm³/mol. The molecule has 1 amide bonds. The molecule has 4 nitrogen and oxygen atoms in total. The number of rotatable bonds is 5. The molecule has 2 aromatic rings. The highest BCUT2D eigenvalue weighted by atomic mass is 79.9. The second-order valence-electron chi connectivity index (χ2n) is 4.23. The summed E-state index contributed by atoms with van der Waals surface area (Å²) in [5.74, 6) is 0.278. The van der Waals surface area contributed by atoms with Crippen LogP contribution in [-0.2, 0) is 11.4 Å². The van der Waals surface area contributed by atoms with Crippen LogP contribution in [-0.4, -0.2) is 17.6 Å². The Balaban J connectivity index is 1.94. The van der Waals surface area contributed by atoms with Gasteiger partial charge in [-0.05, 0) is 51.8 Å². The van der Waals surface area contributed by atoms with Gasteiger partial charge >= 0.3 is 0 Å². The van der Waals surface area contributed by atoms with Crippen LogP contribution in [0.15, 0.2) is 51.4 Å². The number of hydrogen-bond donors (Lipinski definition) is 2. The van der Waals surface area contributed by atoms with Gasteiger partial charge in [0.15, 0.2) is 6.61 Å². The molecule has 0 fully saturated rings. The lowest BCUT2D eigenvalue weighted by Crippen LogP contribution is -2.20. The minimum atomic E-state index is -0.254. The van der Waals surface area contributed by atoms with E-state index in [0.29, 0.717) is 17.0 Å². The summed E-state index contributed by atoms with van der Waals surface area (Å²) < 4.78 is 7.03. The fourth-order valence-corrected chi connectivity index (χ4v) is 2.42. The molecular weight excluding hydrogens is 402 g/mol. The first kappa shape index (κ1) is 16.0. The van der Waals surface area contributed by atoms with Crippen LogP contribution in [0.25, 0.3) is 0 Å². The Morgan fingerprint density at radius 1 is 1.14 bits per heavy atom. The van der Waals surface area contributed by atoms with Crippen molar-refractivity contribution in [3.63, 3.8) is 0 Å². The highest BCUT2D eigenvalue weighted by Gasteiger charge is 2.07. The van der Waals surface area contributed by atoms with E-state index < -0.39 is 0 Å². The minimum Gasteiger partial charge on any atom is -0.484 e. The van der Waals surface area contributed by atoms with Gasteiger partial charge in [-0.1, -0.05) is 28.1 Å². The summed E-state index contributed by atoms with van der Waals surface area (Å²) in [5.41, 5.74) is 1.40. The van der Waals surface area contributed by atoms with Gasteiger partial charge in [0.1, 0.15) is 5.75 Å². The van der Waals surface area contributed by atoms with Crippen LogP contribution in [0, 0.1) is 0 Å². The molecule has 0 radical (unpaired) electrons. The smallest absolute Gasteiger partial charge is 0.262 e. The number of halogens is 2. The maximum absolute atomic E-state index is 11.8. The van der Waals surface area contributed by atoms with Gasteiger partial charge in [-0.25, -0.2) is 0 Å². The summed E-state index contributed by atoms with van der Waals surface area (Å²) in [4.78, 5) is 11.8. The zero-order chi connectivity index (χ0) is 15.2. The first-order chi connectivity index (χ1) is 10.1. The Hall–Kier alpha value is -1.37. The molecule has 0 spiro atoms. The van der Waals surface area contributed by atoms with Gasteiger partial charge in [-0.3, -0.25) is 4.79 Å². The van der Waals surface area contributed by atoms with Crippen LogP contribution < -0.4 is 10.1 Å². The zero-order valence-electron chi connectivity index (χ0n) is 11.0. The fourth-order valence-electron chi connectivity index (χ4n) is 1.66. The average molecular weight is 415 g/mol. The molecule has 0 aliphatic carbocycles. The van der Waals surface area contributed by atoms with Crippen molar-refractivity contribution in [1.82, 2.24) is 0 Å². The van der Waals surface area contributed by atoms with Crippen molar-refractivity contribution in [2.24, 2.45) is 0 Å². The summed E-state index contributed by atoms with van der Waals surface area (Å²) in [6.45, 7) is -0.200. The lowest BCUT2D eigenvalue weighted by molar-refractivity contribution is -0.118. The summed E-state index contributed by atoms with van der Waals surface area (Å²) in [6.07, 6.45) is 0. The lowest BCUT2D eigenvalue weighted by atomic mass is 10.2. The Morgan fingerprint density at radius 3 is 2.62 bits per heavy atom. The van der Waals surface area contributed by atoms with Crippen molar-refractivity contribution < 1.29 is 14.6 Å². The van der Waals surface area contributed by atoms with E-state index in [9.17, 15) is 9.90 Å². The van der Waals surface area contributed by atoms with Crippen LogP contribution >= 0.6 is 31.9 Å². The Morgan fingerprint density at radius 2 is 1.90 bits per heavy atom. The highest BCUT2D eigenvalue weighted by molar-refractivity contribution is 9.10. The molecule has 2 rings (SSSR count). The number of amides is 1. The molecule has 6 heteroatoms. The number of anilines is 1. The van der Waals surface area contributed by atoms with Crippen LogP contribution in [0.5, 0.6) is 5.75 Å². The maximum Gasteiger partial charge on any atom is 0.262 e. The van der Waals surface area contributed by atoms with E-state index in [-0.39, 0.29) is 19.1 Å². The molecule has 0 saturated carbocycles. The van der Waals surface area contributed by atoms with E-state index in [0.717, 1.165) is 8.95 Å². The molecule has 0 unspecified atom stereocenters. The third-order valence-electron chi connectivity index (χ3n) is 2.71. The molecule has 2 N–H and O–H groups in total. The standard InChI is InChI=1S/C15H13Br2NO3/c16-12-6-5-11(7-10(12)8-19)21-9-15(20)18-14-4-2-1-3-13(14)17/h1-7,19H,8-9H2,(H,18,20). The number of aliphatic hydroxyl groups excluding tert-OH is 1. The molecule has 0 saturated heterocycles. The van der Waals surface area contributed by atoms with Gasteiger partial charge in [0, 0.05) is 8.95 Å². The van der Waals surface area contributed by atoms with Crippen LogP contribution in [0.3, 0.4) is 0 Å². The molecule has 2 aromatic carbocycles. The van der Waals surface area contributed by atoms with E-state index >= 15 is 0 Å². The molecule has 0 aliphatic rings. The maximum atomic E-state index is 11.8. The van der Waals surface area contributed by atoms with Gasteiger partial charge < -0.3 is 15.2 Å². The number of para-hydroxylation sites is 1. The minimum absolute atomic E-state index is 0.0963. The number of ether oxygens (including phenoxy) is 1. The fraction of sp³-hybridized carbons (Fsp3) is 0.133. The van der Waals surface area contributed by atoms with Gasteiger partial charge in [-0.15, -0.1) is 0 Å². The van der Waals surface area contributed by atoms with Crippen molar-refractivity contribution in [3.05, 3.63) is 57.0 Å². The normalized spacial score (nSPS) is 10.2. The number of nitrogens with one attached hydrogen (secondary N) is 1. The van der Waals surface area contributed by atoms with E-state index in [1.165, 1.54) is 0 Å². The van der Waals surface area contributed by atoms with Gasteiger partial charge in [0.2, 0.25) is 0 Å². The van der Waals surface area contributed by atoms with Crippen LogP contribution in [0.1, 0.15) is 5.56 Å². The second kappa shape index (κ2) is 7.59. The summed E-state index contributed by atoms with van der Waals surface area (Å²) in [6, 6.07) is 12.5. The molecule has 110 valence electrons. The van der Waals surface area contributed by atoms with E-state index in [2.05, 4.69) is 37.2 Å². The van der Waals surface area contributed by atoms with Gasteiger partial charge in [0.25, 0.3) is 5.91 Å². The second-order valence-corrected chi connectivity index (χ2v) is 5.94. The highest BCUT2D eigenvalue weighted by Crippen LogP contribution is 2.23. The zero-order valence-corrected chi connectivity index (χ0v) is 14.1. The monoisotopic (exact) mass is 413 g/mol. The van der Waals surface area contributed by atoms with Crippen molar-refractivity contribution >= 4 is 43.5 Å². The third kappa shape index (κ3) is 4.56. The molecular formula is C15H13Br2NO3. The Labute approximate surface area is 139 Å². The molecule has 0 aliphatic heterocycles. The number of carbonyl (C=O) groups excluding carboxylic acids is 1. The Bertz CT molecular complexity index is 647. The van der Waals surface area contributed by atoms with Gasteiger partial charge in [0.05, 0.1) is 12.3 Å². The average Bonchev–Trinajstić information content (AvgIpc) is 2.49. The van der Waals surface area contributed by atoms with E-state index in [1.54, 1.807) is 24.3 Å². The summed E-state index contributed by atoms with van der Waals surface area (Å²) >= 11 is 6.68. The van der Waals surface area contributed by atoms with Crippen molar-refractivity contribution in [2.45, 2.75) is 6.61 Å². The summed E-state index contributed by atoms with van der Waals surface area (Å²) in [7, 11) is 0. The molecule has 0 bridgehead atoms. The molecule has 0 atom stereocenters. The van der Waals surface area contributed by atoms with Crippen molar-refractivity contribution in [3.8, 4) is 5.75 Å². The van der Waals surface area contributed by atoms with Crippen molar-refractivity contribution in [2.75, 3.05) is 11.9 Å². The van der Waals surface area contributed by atoms with Crippen LogP contribution in [0.2, 0.25) is 0 Å². The van der Waals surface area contributed by atoms with Gasteiger partial charge in [-0.2, -0.15) is 0 Å². The Kier molecular flexibility index (Phi) is 5.78. The first-order valence-corrected chi connectivity index (χ1v) is 7.75. The third-order valence-corrected chi connectivity index (χ3v) is 4.17. The van der Waals surface area contributed by atoms with E-state index in [1.807, 2.05) is 18.2 Å². The molecule has 0 aromatic heterocycles. The van der Waals surface area contributed by atoms with Crippen molar-refractivity contribution in [1.29, 1.82) is 0 Å². The number of aliphatic hydroxyl groups is 1. The number of hydrogen-bond acceptors (Lipinski definition) is 3. The first-order valence-electron chi connectivity index (χ1n) is 6.16. The summed E-state index contributed by atoms with van der Waals surface area (Å²) in [5, 5.41) is 11.9. The number of carbonyl (C=O) groups is 1. The van der Waals surface area contributed by atoms with Crippen LogP contribution in [0.4, 0.5) is 5.69 Å². The molecule has 0 heterocycles. The topological polar surface area (TPSA) is 58.6 Å². The lowest BCUT2D eigenvalue weighted by Gasteiger charge is -2.10. The SMILES string of the molecule is O=C(COc1ccc(Br)c(CO)c1)Nc1ccccc1Br. The predicted octanol–water partition coefficient (Wildman–Crippen LogP) is 3.72. The van der Waals surface area contributed by atoms with E-state index in [4.69, 9.17) is 4.74 Å². The molecule has 21 heavy (non-hydrogen) atoms.